The van der Waals surface area contributed by atoms with E-state index < -0.39 is 12.1 Å². The lowest BCUT2D eigenvalue weighted by Crippen LogP contribution is -2.37. The molecule has 0 saturated carbocycles. The fraction of sp³-hybridized carbons (Fsp3) is 0.455. The van der Waals surface area contributed by atoms with Gasteiger partial charge in [0.2, 0.25) is 0 Å². The first-order valence-electron chi connectivity index (χ1n) is 4.88. The van der Waals surface area contributed by atoms with Crippen LogP contribution in [0.1, 0.15) is 25.2 Å². The molecule has 0 fully saturated rings. The molecular formula is C11H14NO3-. The fourth-order valence-corrected chi connectivity index (χ4v) is 1.20. The van der Waals surface area contributed by atoms with Gasteiger partial charge in [-0.3, -0.25) is 4.98 Å². The van der Waals surface area contributed by atoms with Crippen molar-refractivity contribution in [3.05, 3.63) is 23.5 Å². The zero-order valence-electron chi connectivity index (χ0n) is 9.11. The third-order valence-electron chi connectivity index (χ3n) is 2.04. The Balaban J connectivity index is 2.89. The van der Waals surface area contributed by atoms with Gasteiger partial charge in [0.25, 0.3) is 0 Å². The van der Waals surface area contributed by atoms with Crippen molar-refractivity contribution in [3.8, 4) is 5.75 Å². The summed E-state index contributed by atoms with van der Waals surface area (Å²) >= 11 is 0. The summed E-state index contributed by atoms with van der Waals surface area (Å²) in [4.78, 5) is 14.8. The molecule has 0 aliphatic rings. The van der Waals surface area contributed by atoms with E-state index in [1.54, 1.807) is 12.1 Å². The summed E-state index contributed by atoms with van der Waals surface area (Å²) in [6.07, 6.45) is -0.253. The molecule has 1 aromatic heterocycles. The minimum absolute atomic E-state index is 0.514. The van der Waals surface area contributed by atoms with Crippen LogP contribution < -0.4 is 9.84 Å². The highest BCUT2D eigenvalue weighted by Crippen LogP contribution is 2.18. The van der Waals surface area contributed by atoms with Crippen LogP contribution in [0.3, 0.4) is 0 Å². The van der Waals surface area contributed by atoms with E-state index in [0.29, 0.717) is 12.2 Å². The molecule has 0 bridgehead atoms. The second kappa shape index (κ2) is 4.77. The van der Waals surface area contributed by atoms with Crippen LogP contribution in [0, 0.1) is 6.92 Å². The Morgan fingerprint density at radius 1 is 1.60 bits per heavy atom. The minimum atomic E-state index is -1.22. The highest BCUT2D eigenvalue weighted by molar-refractivity contribution is 5.69. The van der Waals surface area contributed by atoms with E-state index in [4.69, 9.17) is 4.74 Å². The summed E-state index contributed by atoms with van der Waals surface area (Å²) in [5.74, 6) is -0.711. The number of ether oxygens (including phenoxy) is 1. The number of aryl methyl sites for hydroxylation is 2. The van der Waals surface area contributed by atoms with Gasteiger partial charge in [0, 0.05) is 5.69 Å². The standard InChI is InChI=1S/C11H15NO3/c1-4-9-10(6-5-7(2)12-9)15-8(3)11(13)14/h5-6,8H,4H2,1-3H3,(H,13,14)/p-1/t8-/m0/s1. The monoisotopic (exact) mass is 208 g/mol. The van der Waals surface area contributed by atoms with Gasteiger partial charge in [0.05, 0.1) is 11.7 Å². The molecule has 0 N–H and O–H groups in total. The molecule has 82 valence electrons. The maximum absolute atomic E-state index is 10.5. The average molecular weight is 208 g/mol. The van der Waals surface area contributed by atoms with Crippen LogP contribution in [0.4, 0.5) is 0 Å². The summed E-state index contributed by atoms with van der Waals surface area (Å²) < 4.78 is 5.23. The van der Waals surface area contributed by atoms with Gasteiger partial charge >= 0.3 is 0 Å². The van der Waals surface area contributed by atoms with Crippen LogP contribution in [-0.2, 0) is 11.2 Å². The van der Waals surface area contributed by atoms with Gasteiger partial charge in [-0.2, -0.15) is 0 Å². The number of rotatable bonds is 4. The van der Waals surface area contributed by atoms with Gasteiger partial charge in [-0.1, -0.05) is 6.92 Å². The molecule has 0 saturated heterocycles. The van der Waals surface area contributed by atoms with Crippen LogP contribution in [0.2, 0.25) is 0 Å². The maximum atomic E-state index is 10.5. The van der Waals surface area contributed by atoms with Crippen LogP contribution in [-0.4, -0.2) is 17.1 Å². The molecule has 0 aliphatic heterocycles. The van der Waals surface area contributed by atoms with E-state index in [-0.39, 0.29) is 0 Å². The Morgan fingerprint density at radius 2 is 2.27 bits per heavy atom. The molecule has 15 heavy (non-hydrogen) atoms. The van der Waals surface area contributed by atoms with Crippen LogP contribution in [0.5, 0.6) is 5.75 Å². The minimum Gasteiger partial charge on any atom is -0.546 e. The fourth-order valence-electron chi connectivity index (χ4n) is 1.20. The summed E-state index contributed by atoms with van der Waals surface area (Å²) in [6, 6.07) is 3.52. The lowest BCUT2D eigenvalue weighted by atomic mass is 10.2. The average Bonchev–Trinajstić information content (AvgIpc) is 2.20. The Morgan fingerprint density at radius 3 is 2.80 bits per heavy atom. The maximum Gasteiger partial charge on any atom is 0.141 e. The SMILES string of the molecule is CCc1nc(C)ccc1O[C@@H](C)C(=O)[O-]. The van der Waals surface area contributed by atoms with E-state index >= 15 is 0 Å². The number of carbonyl (C=O) groups excluding carboxylic acids is 1. The zero-order chi connectivity index (χ0) is 11.4. The molecular weight excluding hydrogens is 194 g/mol. The first kappa shape index (κ1) is 11.5. The van der Waals surface area contributed by atoms with E-state index in [2.05, 4.69) is 4.98 Å². The van der Waals surface area contributed by atoms with Gasteiger partial charge < -0.3 is 14.6 Å². The molecule has 0 spiro atoms. The first-order chi connectivity index (χ1) is 7.04. The van der Waals surface area contributed by atoms with Crippen LogP contribution in [0.25, 0.3) is 0 Å². The summed E-state index contributed by atoms with van der Waals surface area (Å²) in [6.45, 7) is 5.26. The number of carboxylic acids is 1. The van der Waals surface area contributed by atoms with Crippen molar-refractivity contribution in [1.82, 2.24) is 4.98 Å². The number of pyridine rings is 1. The quantitative estimate of drug-likeness (QED) is 0.721. The summed E-state index contributed by atoms with van der Waals surface area (Å²) in [5, 5.41) is 10.5. The Bertz CT molecular complexity index is 363. The predicted octanol–water partition coefficient (Wildman–Crippen LogP) is 0.470. The normalized spacial score (nSPS) is 12.2. The molecule has 1 atom stereocenters. The second-order valence-electron chi connectivity index (χ2n) is 3.33. The molecule has 4 nitrogen and oxygen atoms in total. The third kappa shape index (κ3) is 2.94. The van der Waals surface area contributed by atoms with E-state index in [1.165, 1.54) is 6.92 Å². The highest BCUT2D eigenvalue weighted by Gasteiger charge is 2.09. The molecule has 1 aromatic rings. The zero-order valence-corrected chi connectivity index (χ0v) is 9.11. The van der Waals surface area contributed by atoms with E-state index in [1.807, 2.05) is 13.8 Å². The Kier molecular flexibility index (Phi) is 3.66. The highest BCUT2D eigenvalue weighted by atomic mass is 16.5. The number of carbonyl (C=O) groups is 1. The number of aromatic nitrogens is 1. The van der Waals surface area contributed by atoms with Gasteiger partial charge in [-0.25, -0.2) is 0 Å². The Hall–Kier alpha value is -1.58. The van der Waals surface area contributed by atoms with Crippen molar-refractivity contribution in [2.75, 3.05) is 0 Å². The van der Waals surface area contributed by atoms with Gasteiger partial charge in [0.1, 0.15) is 11.9 Å². The van der Waals surface area contributed by atoms with Gasteiger partial charge in [0.15, 0.2) is 0 Å². The number of aliphatic carboxylic acids is 1. The van der Waals surface area contributed by atoms with Gasteiger partial charge in [-0.15, -0.1) is 0 Å². The summed E-state index contributed by atoms with van der Waals surface area (Å²) in [5.41, 5.74) is 1.66. The lowest BCUT2D eigenvalue weighted by Gasteiger charge is -2.17. The number of hydrogen-bond acceptors (Lipinski definition) is 4. The third-order valence-corrected chi connectivity index (χ3v) is 2.04. The molecule has 4 heteroatoms. The van der Waals surface area contributed by atoms with E-state index in [0.717, 1.165) is 11.4 Å². The molecule has 0 unspecified atom stereocenters. The molecule has 0 aromatic carbocycles. The predicted molar refractivity (Wildman–Crippen MR) is 53.4 cm³/mol. The molecule has 1 heterocycles. The second-order valence-corrected chi connectivity index (χ2v) is 3.33. The smallest absolute Gasteiger partial charge is 0.141 e. The van der Waals surface area contributed by atoms with Crippen LogP contribution >= 0.6 is 0 Å². The number of nitrogens with zero attached hydrogens (tertiary/aromatic N) is 1. The van der Waals surface area contributed by atoms with Gasteiger partial charge in [-0.05, 0) is 32.4 Å². The van der Waals surface area contributed by atoms with Crippen molar-refractivity contribution >= 4 is 5.97 Å². The molecule has 0 aliphatic carbocycles. The van der Waals surface area contributed by atoms with Crippen molar-refractivity contribution in [1.29, 1.82) is 0 Å². The van der Waals surface area contributed by atoms with E-state index in [9.17, 15) is 9.90 Å². The lowest BCUT2D eigenvalue weighted by molar-refractivity contribution is -0.312. The Labute approximate surface area is 88.9 Å². The topological polar surface area (TPSA) is 62.2 Å². The number of carboxylic acid groups (broad SMARTS) is 1. The van der Waals surface area contributed by atoms with Crippen molar-refractivity contribution in [3.63, 3.8) is 0 Å². The number of hydrogen-bond donors (Lipinski definition) is 0. The molecule has 0 amide bonds. The summed E-state index contributed by atoms with van der Waals surface area (Å²) in [7, 11) is 0. The van der Waals surface area contributed by atoms with Crippen molar-refractivity contribution in [2.45, 2.75) is 33.3 Å². The molecule has 1 rings (SSSR count). The first-order valence-corrected chi connectivity index (χ1v) is 4.88. The molecule has 0 radical (unpaired) electrons. The largest absolute Gasteiger partial charge is 0.546 e. The van der Waals surface area contributed by atoms with Crippen LogP contribution in [0.15, 0.2) is 12.1 Å². The van der Waals surface area contributed by atoms with Crippen molar-refractivity contribution in [2.24, 2.45) is 0 Å². The van der Waals surface area contributed by atoms with Crippen molar-refractivity contribution < 1.29 is 14.6 Å².